The predicted octanol–water partition coefficient (Wildman–Crippen LogP) is 8.69. The predicted molar refractivity (Wildman–Crippen MR) is 185 cm³/mol. The molecule has 1 fully saturated rings. The molecule has 7 nitrogen and oxygen atoms in total. The van der Waals surface area contributed by atoms with E-state index in [1.54, 1.807) is 16.0 Å². The van der Waals surface area contributed by atoms with Gasteiger partial charge in [-0.2, -0.15) is 5.10 Å². The SMILES string of the molecule is Cc1ccc(-n2nc(C(C)(C)C)cc2NC(=O)Nc2ccc(C(CC(=O)c3csc4ccccc34)C3CCNCC3)cc2)cc1. The van der Waals surface area contributed by atoms with Gasteiger partial charge in [0.15, 0.2) is 5.78 Å². The number of hydrogen-bond donors (Lipinski definition) is 3. The number of carbonyl (C=O) groups is 2. The van der Waals surface area contributed by atoms with Crippen LogP contribution in [0.25, 0.3) is 15.8 Å². The number of aryl methyl sites for hydroxylation is 1. The number of thiophene rings is 1. The molecule has 232 valence electrons. The van der Waals surface area contributed by atoms with Crippen LogP contribution in [0.5, 0.6) is 0 Å². The molecule has 45 heavy (non-hydrogen) atoms. The summed E-state index contributed by atoms with van der Waals surface area (Å²) in [5.41, 5.74) is 5.39. The van der Waals surface area contributed by atoms with Crippen molar-refractivity contribution >= 4 is 44.7 Å². The Morgan fingerprint density at radius 3 is 2.40 bits per heavy atom. The molecule has 1 aliphatic rings. The average Bonchev–Trinajstić information content (AvgIpc) is 3.66. The van der Waals surface area contributed by atoms with Crippen LogP contribution in [-0.4, -0.2) is 34.7 Å². The lowest BCUT2D eigenvalue weighted by molar-refractivity contribution is 0.0961. The van der Waals surface area contributed by atoms with Crippen molar-refractivity contribution in [1.82, 2.24) is 15.1 Å². The Bertz CT molecular complexity index is 1790. The van der Waals surface area contributed by atoms with E-state index < -0.39 is 0 Å². The van der Waals surface area contributed by atoms with E-state index in [9.17, 15) is 9.59 Å². The Hall–Kier alpha value is -4.27. The van der Waals surface area contributed by atoms with Gasteiger partial charge in [0.05, 0.1) is 11.4 Å². The van der Waals surface area contributed by atoms with Gasteiger partial charge in [0, 0.05) is 44.6 Å². The zero-order chi connectivity index (χ0) is 31.6. The van der Waals surface area contributed by atoms with Gasteiger partial charge in [-0.3, -0.25) is 10.1 Å². The highest BCUT2D eigenvalue weighted by atomic mass is 32.1. The molecule has 3 aromatic carbocycles. The smallest absolute Gasteiger partial charge is 0.317 e. The largest absolute Gasteiger partial charge is 0.324 e. The van der Waals surface area contributed by atoms with Crippen LogP contribution >= 0.6 is 11.3 Å². The fraction of sp³-hybridized carbons (Fsp3) is 0.324. The van der Waals surface area contributed by atoms with Gasteiger partial charge < -0.3 is 10.6 Å². The summed E-state index contributed by atoms with van der Waals surface area (Å²) in [4.78, 5) is 26.9. The maximum atomic E-state index is 13.7. The molecule has 6 rings (SSSR count). The van der Waals surface area contributed by atoms with E-state index in [4.69, 9.17) is 5.10 Å². The Morgan fingerprint density at radius 1 is 0.978 bits per heavy atom. The van der Waals surface area contributed by atoms with Crippen LogP contribution in [0.1, 0.15) is 73.1 Å². The minimum atomic E-state index is -0.342. The van der Waals surface area contributed by atoms with Crippen LogP contribution in [0.3, 0.4) is 0 Å². The molecule has 1 aliphatic heterocycles. The summed E-state index contributed by atoms with van der Waals surface area (Å²) in [7, 11) is 0. The molecule has 2 aromatic heterocycles. The van der Waals surface area contributed by atoms with E-state index in [1.807, 2.05) is 73.0 Å². The van der Waals surface area contributed by atoms with Gasteiger partial charge >= 0.3 is 6.03 Å². The lowest BCUT2D eigenvalue weighted by Crippen LogP contribution is -2.31. The molecule has 3 N–H and O–H groups in total. The number of amides is 2. The fourth-order valence-corrected chi connectivity index (χ4v) is 7.08. The highest BCUT2D eigenvalue weighted by Crippen LogP contribution is 2.37. The van der Waals surface area contributed by atoms with Gasteiger partial charge in [-0.15, -0.1) is 11.3 Å². The first-order chi connectivity index (χ1) is 21.7. The summed E-state index contributed by atoms with van der Waals surface area (Å²) in [5, 5.41) is 17.3. The third kappa shape index (κ3) is 7.02. The molecule has 0 radical (unpaired) electrons. The fourth-order valence-electron chi connectivity index (χ4n) is 6.12. The van der Waals surface area contributed by atoms with Crippen molar-refractivity contribution in [1.29, 1.82) is 0 Å². The molecule has 0 aliphatic carbocycles. The molecule has 3 heterocycles. The first kappa shape index (κ1) is 30.7. The summed E-state index contributed by atoms with van der Waals surface area (Å²) in [5.74, 6) is 1.32. The van der Waals surface area contributed by atoms with Gasteiger partial charge in [-0.05, 0) is 80.6 Å². The second-order valence-electron chi connectivity index (χ2n) is 13.1. The van der Waals surface area contributed by atoms with Crippen molar-refractivity contribution in [3.05, 3.63) is 107 Å². The number of anilines is 2. The number of piperidine rings is 1. The van der Waals surface area contributed by atoms with Crippen molar-refractivity contribution in [3.63, 3.8) is 0 Å². The number of nitrogens with one attached hydrogen (secondary N) is 3. The first-order valence-electron chi connectivity index (χ1n) is 15.7. The summed E-state index contributed by atoms with van der Waals surface area (Å²) in [6.07, 6.45) is 2.55. The topological polar surface area (TPSA) is 88.1 Å². The van der Waals surface area contributed by atoms with Gasteiger partial charge in [-0.25, -0.2) is 9.48 Å². The second-order valence-corrected chi connectivity index (χ2v) is 14.0. The first-order valence-corrected chi connectivity index (χ1v) is 16.6. The van der Waals surface area contributed by atoms with E-state index in [0.29, 0.717) is 23.8 Å². The molecular formula is C37H41N5O2S. The summed E-state index contributed by atoms with van der Waals surface area (Å²) < 4.78 is 2.92. The highest BCUT2D eigenvalue weighted by molar-refractivity contribution is 7.17. The van der Waals surface area contributed by atoms with Crippen molar-refractivity contribution in [2.24, 2.45) is 5.92 Å². The number of ketones is 1. The van der Waals surface area contributed by atoms with Crippen LogP contribution in [0.4, 0.5) is 16.3 Å². The van der Waals surface area contributed by atoms with E-state index in [-0.39, 0.29) is 23.1 Å². The van der Waals surface area contributed by atoms with Gasteiger partial charge in [0.1, 0.15) is 5.82 Å². The van der Waals surface area contributed by atoms with Crippen molar-refractivity contribution in [2.45, 2.75) is 58.3 Å². The van der Waals surface area contributed by atoms with Crippen LogP contribution in [-0.2, 0) is 5.41 Å². The van der Waals surface area contributed by atoms with Gasteiger partial charge in [0.25, 0.3) is 0 Å². The Morgan fingerprint density at radius 2 is 1.69 bits per heavy atom. The number of Topliss-reactive ketones (excluding diaryl/α,β-unsaturated/α-hetero) is 1. The van der Waals surface area contributed by atoms with Crippen molar-refractivity contribution in [2.75, 3.05) is 23.7 Å². The van der Waals surface area contributed by atoms with Gasteiger partial charge in [0.2, 0.25) is 0 Å². The van der Waals surface area contributed by atoms with Crippen LogP contribution in [0.2, 0.25) is 0 Å². The molecule has 1 saturated heterocycles. The Labute approximate surface area is 269 Å². The van der Waals surface area contributed by atoms with Gasteiger partial charge in [-0.1, -0.05) is 68.8 Å². The van der Waals surface area contributed by atoms with Crippen LogP contribution in [0, 0.1) is 12.8 Å². The second kappa shape index (κ2) is 13.0. The number of urea groups is 1. The molecule has 0 spiro atoms. The Kier molecular flexibility index (Phi) is 8.88. The van der Waals surface area contributed by atoms with E-state index in [2.05, 4.69) is 54.9 Å². The van der Waals surface area contributed by atoms with Crippen LogP contribution < -0.4 is 16.0 Å². The number of benzene rings is 3. The van der Waals surface area contributed by atoms with E-state index in [0.717, 1.165) is 64.1 Å². The third-order valence-electron chi connectivity index (χ3n) is 8.73. The maximum Gasteiger partial charge on any atom is 0.324 e. The number of aromatic nitrogens is 2. The summed E-state index contributed by atoms with van der Waals surface area (Å²) in [6, 6.07) is 25.8. The van der Waals surface area contributed by atoms with E-state index >= 15 is 0 Å². The average molecular weight is 620 g/mol. The maximum absolute atomic E-state index is 13.7. The molecule has 1 atom stereocenters. The number of rotatable bonds is 8. The molecule has 5 aromatic rings. The highest BCUT2D eigenvalue weighted by Gasteiger charge is 2.28. The molecule has 0 saturated carbocycles. The summed E-state index contributed by atoms with van der Waals surface area (Å²) in [6.45, 7) is 10.3. The Balaban J connectivity index is 1.19. The van der Waals surface area contributed by atoms with E-state index in [1.165, 1.54) is 0 Å². The lowest BCUT2D eigenvalue weighted by Gasteiger charge is -2.31. The minimum absolute atomic E-state index is 0.112. The normalized spacial score (nSPS) is 14.8. The molecule has 0 bridgehead atoms. The molecule has 8 heteroatoms. The molecular weight excluding hydrogens is 579 g/mol. The zero-order valence-corrected chi connectivity index (χ0v) is 27.2. The number of fused-ring (bicyclic) bond motifs is 1. The standard InChI is InChI=1S/C37H41N5O2S/c1-24-9-15-28(16-10-24)42-35(22-34(41-42)37(2,3)4)40-36(44)39-27-13-11-25(12-14-27)30(26-17-19-38-20-18-26)21-32(43)31-23-45-33-8-6-5-7-29(31)33/h5-16,22-23,26,30,38H,17-21H2,1-4H3,(H2,39,40,44). The number of nitrogens with zero attached hydrogens (tertiary/aromatic N) is 2. The molecule has 2 amide bonds. The number of hydrogen-bond acceptors (Lipinski definition) is 5. The third-order valence-corrected chi connectivity index (χ3v) is 9.70. The monoisotopic (exact) mass is 619 g/mol. The lowest BCUT2D eigenvalue weighted by atomic mass is 9.77. The zero-order valence-electron chi connectivity index (χ0n) is 26.4. The summed E-state index contributed by atoms with van der Waals surface area (Å²) >= 11 is 1.63. The number of carbonyl (C=O) groups excluding carboxylic acids is 2. The molecule has 1 unspecified atom stereocenters. The van der Waals surface area contributed by atoms with Crippen molar-refractivity contribution in [3.8, 4) is 5.69 Å². The van der Waals surface area contributed by atoms with Crippen LogP contribution in [0.15, 0.2) is 84.2 Å². The van der Waals surface area contributed by atoms with Crippen molar-refractivity contribution < 1.29 is 9.59 Å². The quantitative estimate of drug-likeness (QED) is 0.152. The minimum Gasteiger partial charge on any atom is -0.317 e.